The number of rotatable bonds is 10. The van der Waals surface area contributed by atoms with Crippen molar-refractivity contribution in [2.24, 2.45) is 0 Å². The second-order valence-corrected chi connectivity index (χ2v) is 7.82. The summed E-state index contributed by atoms with van der Waals surface area (Å²) >= 11 is 4.31. The number of hydrogen-bond donors (Lipinski definition) is 1. The Bertz CT molecular complexity index is 167. The fraction of sp³-hybridized carbons (Fsp3) is 1.00. The maximum Gasteiger partial charge on any atom is 0.325 e. The van der Waals surface area contributed by atoms with Crippen LogP contribution < -0.4 is 0 Å². The summed E-state index contributed by atoms with van der Waals surface area (Å²) in [6.07, 6.45) is 5.36. The van der Waals surface area contributed by atoms with Gasteiger partial charge in [-0.2, -0.15) is 12.6 Å². The molecule has 4 heteroatoms. The van der Waals surface area contributed by atoms with E-state index in [1.807, 2.05) is 0 Å². The second kappa shape index (κ2) is 10.4. The molecule has 0 fully saturated rings. The average molecular weight is 279 g/mol. The minimum Gasteiger partial charge on any atom is -0.394 e. The molecule has 0 bridgehead atoms. The zero-order valence-corrected chi connectivity index (χ0v) is 14.2. The van der Waals surface area contributed by atoms with E-state index in [0.717, 1.165) is 5.75 Å². The van der Waals surface area contributed by atoms with Gasteiger partial charge in [0.15, 0.2) is 0 Å². The zero-order chi connectivity index (χ0) is 13.3. The van der Waals surface area contributed by atoms with Crippen molar-refractivity contribution in [2.75, 3.05) is 5.75 Å². The molecule has 0 N–H and O–H groups in total. The summed E-state index contributed by atoms with van der Waals surface area (Å²) in [6.45, 7) is 10.6. The Morgan fingerprint density at radius 2 is 1.53 bits per heavy atom. The van der Waals surface area contributed by atoms with Crippen LogP contribution in [0.15, 0.2) is 0 Å². The molecule has 0 radical (unpaired) electrons. The van der Waals surface area contributed by atoms with E-state index in [1.165, 1.54) is 25.7 Å². The van der Waals surface area contributed by atoms with Gasteiger partial charge in [0.1, 0.15) is 0 Å². The summed E-state index contributed by atoms with van der Waals surface area (Å²) in [6, 6.07) is 0. The standard InChI is InChI=1S/C13H30O2SSi/c1-6-8-13(9-7-10-16)17(14-11(2)3)15-12(4)5/h11-13,16-17H,6-10H2,1-5H3. The van der Waals surface area contributed by atoms with Gasteiger partial charge >= 0.3 is 9.28 Å². The highest BCUT2D eigenvalue weighted by molar-refractivity contribution is 7.80. The lowest BCUT2D eigenvalue weighted by Gasteiger charge is -2.28. The van der Waals surface area contributed by atoms with Gasteiger partial charge in [0.2, 0.25) is 0 Å². The Morgan fingerprint density at radius 3 is 1.88 bits per heavy atom. The van der Waals surface area contributed by atoms with Crippen molar-refractivity contribution >= 4 is 21.9 Å². The molecule has 1 unspecified atom stereocenters. The average Bonchev–Trinajstić information content (AvgIpc) is 2.22. The van der Waals surface area contributed by atoms with Gasteiger partial charge in [-0.3, -0.25) is 0 Å². The van der Waals surface area contributed by atoms with Crippen LogP contribution in [-0.2, 0) is 8.85 Å². The van der Waals surface area contributed by atoms with Gasteiger partial charge < -0.3 is 8.85 Å². The topological polar surface area (TPSA) is 18.5 Å². The summed E-state index contributed by atoms with van der Waals surface area (Å²) < 4.78 is 12.1. The van der Waals surface area contributed by atoms with E-state index in [0.29, 0.717) is 5.54 Å². The highest BCUT2D eigenvalue weighted by atomic mass is 32.1. The molecule has 0 aliphatic rings. The Labute approximate surface area is 115 Å². The minimum atomic E-state index is -1.55. The van der Waals surface area contributed by atoms with E-state index in [1.54, 1.807) is 0 Å². The largest absolute Gasteiger partial charge is 0.394 e. The van der Waals surface area contributed by atoms with Crippen molar-refractivity contribution in [3.05, 3.63) is 0 Å². The van der Waals surface area contributed by atoms with Crippen LogP contribution in [0.2, 0.25) is 5.54 Å². The first-order valence-corrected chi connectivity index (χ1v) is 9.17. The van der Waals surface area contributed by atoms with Crippen LogP contribution >= 0.6 is 12.6 Å². The van der Waals surface area contributed by atoms with Crippen molar-refractivity contribution in [3.8, 4) is 0 Å². The van der Waals surface area contributed by atoms with Crippen LogP contribution in [0.25, 0.3) is 0 Å². The summed E-state index contributed by atoms with van der Waals surface area (Å²) in [5.74, 6) is 0.963. The van der Waals surface area contributed by atoms with Crippen molar-refractivity contribution in [3.63, 3.8) is 0 Å². The molecule has 0 aromatic heterocycles. The minimum absolute atomic E-state index is 0.278. The lowest BCUT2D eigenvalue weighted by molar-refractivity contribution is 0.120. The number of hydrogen-bond acceptors (Lipinski definition) is 3. The summed E-state index contributed by atoms with van der Waals surface area (Å²) in [5, 5.41) is 0. The van der Waals surface area contributed by atoms with Crippen LogP contribution in [0.4, 0.5) is 0 Å². The van der Waals surface area contributed by atoms with Crippen LogP contribution in [0.1, 0.15) is 60.3 Å². The highest BCUT2D eigenvalue weighted by Crippen LogP contribution is 2.26. The van der Waals surface area contributed by atoms with E-state index < -0.39 is 9.28 Å². The van der Waals surface area contributed by atoms with E-state index >= 15 is 0 Å². The van der Waals surface area contributed by atoms with Crippen LogP contribution in [0, 0.1) is 0 Å². The van der Waals surface area contributed by atoms with E-state index in [9.17, 15) is 0 Å². The normalized spacial score (nSPS) is 13.9. The predicted molar refractivity (Wildman–Crippen MR) is 81.3 cm³/mol. The monoisotopic (exact) mass is 278 g/mol. The molecule has 0 aliphatic heterocycles. The molecule has 1 atom stereocenters. The molecule has 0 spiro atoms. The Hall–Kier alpha value is 0.487. The third-order valence-electron chi connectivity index (χ3n) is 2.59. The quantitative estimate of drug-likeness (QED) is 0.482. The van der Waals surface area contributed by atoms with Crippen LogP contribution in [-0.4, -0.2) is 27.2 Å². The third kappa shape index (κ3) is 9.11. The van der Waals surface area contributed by atoms with Gasteiger partial charge in [0.05, 0.1) is 0 Å². The first-order valence-electron chi connectivity index (χ1n) is 6.93. The molecule has 0 aromatic carbocycles. The summed E-state index contributed by atoms with van der Waals surface area (Å²) in [5.41, 5.74) is 0.636. The molecule has 104 valence electrons. The van der Waals surface area contributed by atoms with Crippen molar-refractivity contribution in [1.29, 1.82) is 0 Å². The van der Waals surface area contributed by atoms with Crippen LogP contribution in [0.3, 0.4) is 0 Å². The Kier molecular flexibility index (Phi) is 10.7. The molecule has 0 heterocycles. The molecule has 17 heavy (non-hydrogen) atoms. The molecule has 2 nitrogen and oxygen atoms in total. The van der Waals surface area contributed by atoms with E-state index in [4.69, 9.17) is 8.85 Å². The first kappa shape index (κ1) is 17.5. The Balaban J connectivity index is 4.42. The second-order valence-electron chi connectivity index (χ2n) is 5.15. The molecule has 0 amide bonds. The number of thiol groups is 1. The lowest BCUT2D eigenvalue weighted by atomic mass is 10.1. The van der Waals surface area contributed by atoms with Gasteiger partial charge in [-0.25, -0.2) is 0 Å². The van der Waals surface area contributed by atoms with Crippen LogP contribution in [0.5, 0.6) is 0 Å². The van der Waals surface area contributed by atoms with Gasteiger partial charge in [0.25, 0.3) is 0 Å². The Morgan fingerprint density at radius 1 is 1.00 bits per heavy atom. The van der Waals surface area contributed by atoms with Crippen molar-refractivity contribution < 1.29 is 8.85 Å². The summed E-state index contributed by atoms with van der Waals surface area (Å²) in [7, 11) is -1.55. The predicted octanol–water partition coefficient (Wildman–Crippen LogP) is 3.94. The van der Waals surface area contributed by atoms with Gasteiger partial charge in [-0.1, -0.05) is 13.3 Å². The molecular formula is C13H30O2SSi. The molecular weight excluding hydrogens is 248 g/mol. The fourth-order valence-electron chi connectivity index (χ4n) is 1.93. The van der Waals surface area contributed by atoms with Crippen molar-refractivity contribution in [1.82, 2.24) is 0 Å². The fourth-order valence-corrected chi connectivity index (χ4v) is 4.81. The molecule has 0 rings (SSSR count). The molecule has 0 aromatic rings. The summed E-state index contributed by atoms with van der Waals surface area (Å²) in [4.78, 5) is 0. The molecule has 0 aliphatic carbocycles. The van der Waals surface area contributed by atoms with Gasteiger partial charge in [-0.15, -0.1) is 0 Å². The smallest absolute Gasteiger partial charge is 0.325 e. The zero-order valence-electron chi connectivity index (χ0n) is 12.1. The van der Waals surface area contributed by atoms with Crippen molar-refractivity contribution in [2.45, 2.75) is 78.1 Å². The SMILES string of the molecule is CCCC(CCCS)[SiH](OC(C)C)OC(C)C. The molecule has 0 saturated heterocycles. The van der Waals surface area contributed by atoms with Gasteiger partial charge in [-0.05, 0) is 58.3 Å². The maximum absolute atomic E-state index is 6.06. The maximum atomic E-state index is 6.06. The van der Waals surface area contributed by atoms with E-state index in [-0.39, 0.29) is 12.2 Å². The third-order valence-corrected chi connectivity index (χ3v) is 5.97. The van der Waals surface area contributed by atoms with E-state index in [2.05, 4.69) is 47.2 Å². The lowest BCUT2D eigenvalue weighted by Crippen LogP contribution is -2.34. The van der Waals surface area contributed by atoms with Gasteiger partial charge in [0, 0.05) is 12.2 Å². The highest BCUT2D eigenvalue weighted by Gasteiger charge is 2.27. The first-order chi connectivity index (χ1) is 8.01. The molecule has 0 saturated carbocycles.